The van der Waals surface area contributed by atoms with E-state index in [1.165, 1.54) is 5.56 Å². The molecule has 0 spiro atoms. The zero-order valence-corrected chi connectivity index (χ0v) is 15.2. The zero-order chi connectivity index (χ0) is 17.8. The largest absolute Gasteiger partial charge is 0.378 e. The lowest BCUT2D eigenvalue weighted by molar-refractivity contribution is -0.0112. The third-order valence-electron chi connectivity index (χ3n) is 4.54. The van der Waals surface area contributed by atoms with E-state index in [0.717, 1.165) is 18.7 Å². The Hall–Kier alpha value is -1.84. The molecule has 1 N–H and O–H groups in total. The average molecular weight is 356 g/mol. The van der Waals surface area contributed by atoms with E-state index in [-0.39, 0.29) is 12.0 Å². The maximum atomic E-state index is 12.2. The van der Waals surface area contributed by atoms with E-state index in [1.54, 1.807) is 24.3 Å². The van der Waals surface area contributed by atoms with Gasteiger partial charge in [0.15, 0.2) is 0 Å². The highest BCUT2D eigenvalue weighted by Crippen LogP contribution is 2.26. The second-order valence-corrected chi connectivity index (χ2v) is 6.99. The van der Waals surface area contributed by atoms with Gasteiger partial charge in [-0.25, -0.2) is 0 Å². The van der Waals surface area contributed by atoms with Gasteiger partial charge in [0.1, 0.15) is 0 Å². The first kappa shape index (κ1) is 18.0. The molecular weight excluding hydrogens is 334 g/mol. The quantitative estimate of drug-likeness (QED) is 0.848. The Morgan fingerprint density at radius 1 is 1.24 bits per heavy atom. The van der Waals surface area contributed by atoms with E-state index in [1.807, 2.05) is 24.3 Å². The lowest BCUT2D eigenvalue weighted by atomic mass is 9.86. The molecular formula is C21H22ClNO2. The Morgan fingerprint density at radius 3 is 2.68 bits per heavy atom. The van der Waals surface area contributed by atoms with Crippen LogP contribution in [0.25, 0.3) is 0 Å². The van der Waals surface area contributed by atoms with Crippen molar-refractivity contribution in [3.05, 3.63) is 71.1 Å². The fourth-order valence-electron chi connectivity index (χ4n) is 2.93. The predicted octanol–water partition coefficient (Wildman–Crippen LogP) is 4.89. The van der Waals surface area contributed by atoms with Gasteiger partial charge in [0.2, 0.25) is 0 Å². The fraction of sp³-hybridized carbons (Fsp3) is 0.333. The minimum atomic E-state index is -0.166. The molecule has 25 heavy (non-hydrogen) atoms. The number of rotatable bonds is 4. The van der Waals surface area contributed by atoms with Crippen molar-refractivity contribution in [2.75, 3.05) is 11.9 Å². The van der Waals surface area contributed by atoms with Gasteiger partial charge in [-0.05, 0) is 67.5 Å². The number of carbonyl (C=O) groups excluding carboxylic acids is 1. The van der Waals surface area contributed by atoms with Crippen LogP contribution >= 0.6 is 11.6 Å². The molecule has 0 bridgehead atoms. The smallest absolute Gasteiger partial charge is 0.255 e. The highest BCUT2D eigenvalue weighted by molar-refractivity contribution is 6.31. The molecule has 3 atom stereocenters. The van der Waals surface area contributed by atoms with Crippen LogP contribution in [0.1, 0.15) is 29.8 Å². The lowest BCUT2D eigenvalue weighted by Gasteiger charge is -2.31. The van der Waals surface area contributed by atoms with Gasteiger partial charge in [0.05, 0.1) is 12.7 Å². The Balaban J connectivity index is 1.58. The van der Waals surface area contributed by atoms with Gasteiger partial charge in [0.25, 0.3) is 5.91 Å². The molecule has 0 aliphatic carbocycles. The fourth-order valence-corrected chi connectivity index (χ4v) is 3.12. The molecule has 1 amide bonds. The number of hydrogen-bond donors (Lipinski definition) is 1. The van der Waals surface area contributed by atoms with Crippen molar-refractivity contribution < 1.29 is 9.53 Å². The number of anilines is 1. The van der Waals surface area contributed by atoms with Gasteiger partial charge >= 0.3 is 0 Å². The van der Waals surface area contributed by atoms with Crippen LogP contribution in [0.5, 0.6) is 0 Å². The van der Waals surface area contributed by atoms with Gasteiger partial charge < -0.3 is 10.1 Å². The summed E-state index contributed by atoms with van der Waals surface area (Å²) in [7, 11) is 0. The molecule has 0 saturated carbocycles. The van der Waals surface area contributed by atoms with Gasteiger partial charge in [-0.1, -0.05) is 36.7 Å². The Labute approximate surface area is 154 Å². The van der Waals surface area contributed by atoms with Crippen LogP contribution in [-0.4, -0.2) is 18.6 Å². The number of carbonyl (C=O) groups is 1. The minimum Gasteiger partial charge on any atom is -0.378 e. The highest BCUT2D eigenvalue weighted by Gasteiger charge is 2.25. The van der Waals surface area contributed by atoms with Crippen molar-refractivity contribution in [3.8, 4) is 0 Å². The topological polar surface area (TPSA) is 38.3 Å². The van der Waals surface area contributed by atoms with Gasteiger partial charge in [0, 0.05) is 16.3 Å². The Kier molecular flexibility index (Phi) is 5.77. The number of halogens is 1. The Morgan fingerprint density at radius 2 is 2.00 bits per heavy atom. The van der Waals surface area contributed by atoms with Gasteiger partial charge in [-0.2, -0.15) is 0 Å². The average Bonchev–Trinajstić information content (AvgIpc) is 2.60. The lowest BCUT2D eigenvalue weighted by Crippen LogP contribution is -2.32. The first-order chi connectivity index (χ1) is 12.0. The number of hydrogen-bond acceptors (Lipinski definition) is 2. The second kappa shape index (κ2) is 8.03. The second-order valence-electron chi connectivity index (χ2n) is 6.56. The summed E-state index contributed by atoms with van der Waals surface area (Å²) in [4.78, 5) is 12.2. The van der Waals surface area contributed by atoms with E-state index < -0.39 is 0 Å². The Bertz CT molecular complexity index is 729. The molecule has 3 rings (SSSR count). The van der Waals surface area contributed by atoms with Gasteiger partial charge in [-0.3, -0.25) is 4.79 Å². The summed E-state index contributed by atoms with van der Waals surface area (Å²) >= 11 is 5.93. The van der Waals surface area contributed by atoms with Crippen LogP contribution in [0.15, 0.2) is 48.5 Å². The van der Waals surface area contributed by atoms with Crippen LogP contribution in [0.4, 0.5) is 5.69 Å². The molecule has 2 radical (unpaired) electrons. The number of nitrogens with one attached hydrogen (secondary N) is 1. The maximum Gasteiger partial charge on any atom is 0.255 e. The summed E-state index contributed by atoms with van der Waals surface area (Å²) in [5, 5.41) is 3.44. The van der Waals surface area contributed by atoms with Crippen LogP contribution in [0.2, 0.25) is 5.02 Å². The first-order valence-corrected chi connectivity index (χ1v) is 8.92. The van der Waals surface area contributed by atoms with Crippen LogP contribution in [0.3, 0.4) is 0 Å². The molecule has 4 heteroatoms. The van der Waals surface area contributed by atoms with Crippen molar-refractivity contribution in [2.45, 2.75) is 26.4 Å². The monoisotopic (exact) mass is 355 g/mol. The number of benzene rings is 2. The van der Waals surface area contributed by atoms with Crippen LogP contribution in [-0.2, 0) is 11.2 Å². The first-order valence-electron chi connectivity index (χ1n) is 8.55. The van der Waals surface area contributed by atoms with Crippen LogP contribution in [0, 0.1) is 18.3 Å². The molecule has 2 aromatic rings. The van der Waals surface area contributed by atoms with E-state index in [2.05, 4.69) is 25.6 Å². The molecule has 1 aliphatic heterocycles. The van der Waals surface area contributed by atoms with E-state index in [0.29, 0.717) is 22.4 Å². The third kappa shape index (κ3) is 4.83. The standard InChI is InChI=1S/C21H22ClNO2/c1-14-10-17(13-25-15(14)2)11-16-6-8-20(9-7-16)23-21(24)18-4-3-5-19(22)12-18/h3-9,12,14-15,17H,11,13H2,1-2H3,(H,23,24). The summed E-state index contributed by atoms with van der Waals surface area (Å²) in [6, 6.07) is 14.8. The van der Waals surface area contributed by atoms with Crippen molar-refractivity contribution in [2.24, 2.45) is 11.8 Å². The maximum absolute atomic E-state index is 12.2. The van der Waals surface area contributed by atoms with Crippen molar-refractivity contribution >= 4 is 23.2 Å². The van der Waals surface area contributed by atoms with E-state index >= 15 is 0 Å². The molecule has 1 saturated heterocycles. The van der Waals surface area contributed by atoms with Crippen molar-refractivity contribution in [1.29, 1.82) is 0 Å². The minimum absolute atomic E-state index is 0.166. The zero-order valence-electron chi connectivity index (χ0n) is 14.5. The molecule has 2 aromatic carbocycles. The third-order valence-corrected chi connectivity index (χ3v) is 4.78. The molecule has 1 aliphatic rings. The summed E-state index contributed by atoms with van der Waals surface area (Å²) in [5.41, 5.74) is 2.52. The SMILES string of the molecule is CC1[C]C(Cc2ccc(NC(=O)c3cccc(Cl)c3)cc2)COC1C. The summed E-state index contributed by atoms with van der Waals surface area (Å²) in [5.74, 6) is 0.508. The molecule has 1 fully saturated rings. The molecule has 3 unspecified atom stereocenters. The summed E-state index contributed by atoms with van der Waals surface area (Å²) < 4.78 is 5.78. The highest BCUT2D eigenvalue weighted by atomic mass is 35.5. The number of amides is 1. The number of ether oxygens (including phenoxy) is 1. The van der Waals surface area contributed by atoms with E-state index in [4.69, 9.17) is 16.3 Å². The van der Waals surface area contributed by atoms with Crippen molar-refractivity contribution in [1.82, 2.24) is 0 Å². The van der Waals surface area contributed by atoms with Crippen LogP contribution < -0.4 is 5.32 Å². The molecule has 130 valence electrons. The summed E-state index contributed by atoms with van der Waals surface area (Å²) in [6.07, 6.45) is 4.73. The van der Waals surface area contributed by atoms with E-state index in [9.17, 15) is 4.79 Å². The summed E-state index contributed by atoms with van der Waals surface area (Å²) in [6.45, 7) is 4.95. The normalized spacial score (nSPS) is 23.2. The van der Waals surface area contributed by atoms with Crippen molar-refractivity contribution in [3.63, 3.8) is 0 Å². The molecule has 1 heterocycles. The molecule has 3 nitrogen and oxygen atoms in total. The van der Waals surface area contributed by atoms with Gasteiger partial charge in [-0.15, -0.1) is 0 Å². The predicted molar refractivity (Wildman–Crippen MR) is 101 cm³/mol. The molecule has 0 aromatic heterocycles.